The lowest BCUT2D eigenvalue weighted by Gasteiger charge is -2.16. The van der Waals surface area contributed by atoms with Gasteiger partial charge in [-0.15, -0.1) is 0 Å². The predicted molar refractivity (Wildman–Crippen MR) is 82.8 cm³/mol. The zero-order valence-electron chi connectivity index (χ0n) is 13.5. The molecule has 6 heteroatoms. The number of rotatable bonds is 9. The number of carbonyl (C=O) groups is 2. The Balaban J connectivity index is 2.57. The van der Waals surface area contributed by atoms with Crippen LogP contribution >= 0.6 is 0 Å². The smallest absolute Gasteiger partial charge is 0.328 e. The van der Waals surface area contributed by atoms with Gasteiger partial charge in [-0.3, -0.25) is 4.79 Å². The second-order valence-corrected chi connectivity index (χ2v) is 5.42. The fourth-order valence-electron chi connectivity index (χ4n) is 2.25. The highest BCUT2D eigenvalue weighted by Gasteiger charge is 2.21. The molecule has 0 saturated carbocycles. The summed E-state index contributed by atoms with van der Waals surface area (Å²) in [5, 5.41) is 2.60. The Bertz CT molecular complexity index is 535. The maximum atomic E-state index is 13.1. The second kappa shape index (κ2) is 9.92. The number of methoxy groups -OCH3 is 1. The number of nitrogens with one attached hydrogen (secondary N) is 1. The lowest BCUT2D eigenvalue weighted by molar-refractivity contribution is -0.145. The molecule has 0 bridgehead atoms. The molecule has 128 valence electrons. The molecular weight excluding hydrogens is 304 g/mol. The van der Waals surface area contributed by atoms with Gasteiger partial charge in [0, 0.05) is 0 Å². The van der Waals surface area contributed by atoms with Gasteiger partial charge in [0.25, 0.3) is 0 Å². The number of carbonyl (C=O) groups excluding carboxylic acids is 2. The van der Waals surface area contributed by atoms with Crippen molar-refractivity contribution < 1.29 is 23.1 Å². The highest BCUT2D eigenvalue weighted by atomic mass is 19.2. The molecule has 1 aromatic rings. The third kappa shape index (κ3) is 6.76. The Morgan fingerprint density at radius 3 is 2.52 bits per heavy atom. The van der Waals surface area contributed by atoms with E-state index in [0.717, 1.165) is 37.8 Å². The van der Waals surface area contributed by atoms with Gasteiger partial charge in [-0.25, -0.2) is 13.6 Å². The summed E-state index contributed by atoms with van der Waals surface area (Å²) in [7, 11) is 1.27. The van der Waals surface area contributed by atoms with Gasteiger partial charge in [0.2, 0.25) is 5.91 Å². The van der Waals surface area contributed by atoms with Crippen molar-refractivity contribution in [2.45, 2.75) is 51.5 Å². The van der Waals surface area contributed by atoms with Crippen LogP contribution in [-0.2, 0) is 20.7 Å². The molecule has 1 amide bonds. The van der Waals surface area contributed by atoms with Crippen molar-refractivity contribution >= 4 is 11.9 Å². The van der Waals surface area contributed by atoms with E-state index < -0.39 is 29.6 Å². The Morgan fingerprint density at radius 1 is 1.17 bits per heavy atom. The van der Waals surface area contributed by atoms with Crippen LogP contribution < -0.4 is 5.32 Å². The van der Waals surface area contributed by atoms with Crippen LogP contribution in [0.4, 0.5) is 8.78 Å². The summed E-state index contributed by atoms with van der Waals surface area (Å²) in [4.78, 5) is 23.7. The van der Waals surface area contributed by atoms with Crippen LogP contribution in [0.1, 0.15) is 44.6 Å². The molecule has 0 radical (unpaired) electrons. The van der Waals surface area contributed by atoms with E-state index in [4.69, 9.17) is 4.74 Å². The Kier molecular flexibility index (Phi) is 8.22. The zero-order valence-corrected chi connectivity index (χ0v) is 13.5. The number of amides is 1. The van der Waals surface area contributed by atoms with Crippen LogP contribution in [0.5, 0.6) is 0 Å². The van der Waals surface area contributed by atoms with Gasteiger partial charge < -0.3 is 10.1 Å². The quantitative estimate of drug-likeness (QED) is 0.560. The summed E-state index contributed by atoms with van der Waals surface area (Å²) in [5.41, 5.74) is 0.344. The molecule has 0 aliphatic heterocycles. The molecule has 0 aliphatic carbocycles. The molecule has 1 atom stereocenters. The SMILES string of the molecule is CCCCCC[C@H](NC(=O)Cc1ccc(F)c(F)c1)C(=O)OC. The van der Waals surface area contributed by atoms with E-state index in [-0.39, 0.29) is 6.42 Å². The minimum atomic E-state index is -1.00. The van der Waals surface area contributed by atoms with Gasteiger partial charge >= 0.3 is 5.97 Å². The lowest BCUT2D eigenvalue weighted by Crippen LogP contribution is -2.42. The maximum Gasteiger partial charge on any atom is 0.328 e. The summed E-state index contributed by atoms with van der Waals surface area (Å²) in [6.07, 6.45) is 4.29. The molecule has 4 nitrogen and oxygen atoms in total. The monoisotopic (exact) mass is 327 g/mol. The predicted octanol–water partition coefficient (Wildman–Crippen LogP) is 3.14. The zero-order chi connectivity index (χ0) is 17.2. The molecule has 1 N–H and O–H groups in total. The van der Waals surface area contributed by atoms with Crippen LogP contribution in [0.3, 0.4) is 0 Å². The van der Waals surface area contributed by atoms with Crippen LogP contribution in [0.2, 0.25) is 0 Å². The van der Waals surface area contributed by atoms with Gasteiger partial charge in [0.1, 0.15) is 6.04 Å². The van der Waals surface area contributed by atoms with Crippen molar-refractivity contribution in [3.8, 4) is 0 Å². The Morgan fingerprint density at radius 2 is 1.91 bits per heavy atom. The molecule has 0 saturated heterocycles. The summed E-state index contributed by atoms with van der Waals surface area (Å²) in [6, 6.07) is 2.57. The molecule has 0 fully saturated rings. The minimum absolute atomic E-state index is 0.125. The number of benzene rings is 1. The summed E-state index contributed by atoms with van der Waals surface area (Å²) in [6.45, 7) is 2.08. The molecule has 0 aromatic heterocycles. The van der Waals surface area contributed by atoms with Crippen LogP contribution in [0, 0.1) is 11.6 Å². The highest BCUT2D eigenvalue weighted by molar-refractivity contribution is 5.85. The van der Waals surface area contributed by atoms with E-state index in [0.29, 0.717) is 12.0 Å². The van der Waals surface area contributed by atoms with E-state index in [1.807, 2.05) is 0 Å². The van der Waals surface area contributed by atoms with E-state index in [1.165, 1.54) is 13.2 Å². The number of unbranched alkanes of at least 4 members (excludes halogenated alkanes) is 3. The van der Waals surface area contributed by atoms with Crippen LogP contribution in [0.25, 0.3) is 0 Å². The highest BCUT2D eigenvalue weighted by Crippen LogP contribution is 2.10. The van der Waals surface area contributed by atoms with Crippen molar-refractivity contribution in [1.29, 1.82) is 0 Å². The van der Waals surface area contributed by atoms with E-state index in [2.05, 4.69) is 12.2 Å². The maximum absolute atomic E-state index is 13.1. The van der Waals surface area contributed by atoms with Gasteiger partial charge in [0.05, 0.1) is 13.5 Å². The molecule has 1 rings (SSSR count). The molecule has 0 unspecified atom stereocenters. The Hall–Kier alpha value is -1.98. The number of esters is 1. The van der Waals surface area contributed by atoms with E-state index in [9.17, 15) is 18.4 Å². The van der Waals surface area contributed by atoms with Gasteiger partial charge in [-0.2, -0.15) is 0 Å². The van der Waals surface area contributed by atoms with E-state index >= 15 is 0 Å². The summed E-state index contributed by atoms with van der Waals surface area (Å²) < 4.78 is 30.7. The van der Waals surface area contributed by atoms with E-state index in [1.54, 1.807) is 0 Å². The van der Waals surface area contributed by atoms with Crippen molar-refractivity contribution in [2.75, 3.05) is 7.11 Å². The largest absolute Gasteiger partial charge is 0.467 e. The van der Waals surface area contributed by atoms with Crippen LogP contribution in [-0.4, -0.2) is 25.0 Å². The molecule has 23 heavy (non-hydrogen) atoms. The van der Waals surface area contributed by atoms with Crippen molar-refractivity contribution in [3.63, 3.8) is 0 Å². The molecule has 0 aliphatic rings. The minimum Gasteiger partial charge on any atom is -0.467 e. The average molecular weight is 327 g/mol. The molecule has 1 aromatic carbocycles. The van der Waals surface area contributed by atoms with Crippen molar-refractivity contribution in [3.05, 3.63) is 35.4 Å². The molecule has 0 heterocycles. The second-order valence-electron chi connectivity index (χ2n) is 5.42. The fraction of sp³-hybridized carbons (Fsp3) is 0.529. The number of hydrogen-bond acceptors (Lipinski definition) is 3. The Labute approximate surface area is 135 Å². The van der Waals surface area contributed by atoms with Crippen molar-refractivity contribution in [1.82, 2.24) is 5.32 Å². The number of hydrogen-bond donors (Lipinski definition) is 1. The third-order valence-electron chi connectivity index (χ3n) is 3.52. The molecular formula is C17H23F2NO3. The first kappa shape index (κ1) is 19.1. The van der Waals surface area contributed by atoms with Crippen molar-refractivity contribution in [2.24, 2.45) is 0 Å². The van der Waals surface area contributed by atoms with Crippen LogP contribution in [0.15, 0.2) is 18.2 Å². The van der Waals surface area contributed by atoms with Gasteiger partial charge in [-0.1, -0.05) is 38.7 Å². The lowest BCUT2D eigenvalue weighted by atomic mass is 10.1. The first-order chi connectivity index (χ1) is 11.0. The fourth-order valence-corrected chi connectivity index (χ4v) is 2.25. The number of halogens is 2. The topological polar surface area (TPSA) is 55.4 Å². The standard InChI is InChI=1S/C17H23F2NO3/c1-3-4-5-6-7-15(17(22)23-2)20-16(21)11-12-8-9-13(18)14(19)10-12/h8-10,15H,3-7,11H2,1-2H3,(H,20,21)/t15-/m0/s1. The third-order valence-corrected chi connectivity index (χ3v) is 3.52. The normalized spacial score (nSPS) is 11.8. The summed E-state index contributed by atoms with van der Waals surface area (Å²) in [5.74, 6) is -2.89. The van der Waals surface area contributed by atoms with Gasteiger partial charge in [0.15, 0.2) is 11.6 Å². The first-order valence-corrected chi connectivity index (χ1v) is 7.79. The average Bonchev–Trinajstić information content (AvgIpc) is 2.53. The number of ether oxygens (including phenoxy) is 1. The molecule has 0 spiro atoms. The van der Waals surface area contributed by atoms with Gasteiger partial charge in [-0.05, 0) is 24.1 Å². The summed E-state index contributed by atoms with van der Waals surface area (Å²) >= 11 is 0. The first-order valence-electron chi connectivity index (χ1n) is 7.79.